The second-order valence-corrected chi connectivity index (χ2v) is 6.33. The zero-order chi connectivity index (χ0) is 18.4. The van der Waals surface area contributed by atoms with Gasteiger partial charge in [0.15, 0.2) is 0 Å². The number of para-hydroxylation sites is 1. The van der Waals surface area contributed by atoms with Crippen molar-refractivity contribution in [3.8, 4) is 6.07 Å². The third-order valence-electron chi connectivity index (χ3n) is 3.69. The fraction of sp³-hybridized carbons (Fsp3) is 0.105. The Hall–Kier alpha value is -2.81. The Morgan fingerprint density at radius 1 is 1.00 bits per heavy atom. The maximum absolute atomic E-state index is 9.16. The van der Waals surface area contributed by atoms with E-state index in [1.54, 1.807) is 18.2 Å². The molecule has 1 heterocycles. The quantitative estimate of drug-likeness (QED) is 0.622. The minimum atomic E-state index is 0.554. The molecule has 1 aromatic heterocycles. The van der Waals surface area contributed by atoms with Crippen LogP contribution in [0.2, 0.25) is 10.0 Å². The van der Waals surface area contributed by atoms with Crippen molar-refractivity contribution in [1.29, 1.82) is 5.26 Å². The van der Waals surface area contributed by atoms with Gasteiger partial charge in [0.05, 0.1) is 11.3 Å². The standard InChI is InChI=1S/C19H15Cl2N5/c20-15-6-5-13(16(21)9-15)7-8-23-18-10-19(25-12-24-18)26-17-4-2-1-3-14(17)11-22/h1-6,9-10,12H,7-8H2,(H2,23,24,25,26). The van der Waals surface area contributed by atoms with Gasteiger partial charge in [-0.2, -0.15) is 5.26 Å². The lowest BCUT2D eigenvalue weighted by Crippen LogP contribution is -2.07. The highest BCUT2D eigenvalue weighted by Gasteiger charge is 2.05. The molecule has 0 saturated carbocycles. The number of nitriles is 1. The molecule has 26 heavy (non-hydrogen) atoms. The molecule has 3 rings (SSSR count). The molecule has 0 spiro atoms. The Morgan fingerprint density at radius 3 is 2.62 bits per heavy atom. The van der Waals surface area contributed by atoms with Gasteiger partial charge in [0.1, 0.15) is 24.0 Å². The van der Waals surface area contributed by atoms with Crippen molar-refractivity contribution in [2.24, 2.45) is 0 Å². The summed E-state index contributed by atoms with van der Waals surface area (Å²) in [6.45, 7) is 0.659. The number of nitrogens with one attached hydrogen (secondary N) is 2. The zero-order valence-electron chi connectivity index (χ0n) is 13.7. The molecule has 3 aromatic rings. The highest BCUT2D eigenvalue weighted by Crippen LogP contribution is 2.22. The molecule has 130 valence electrons. The van der Waals surface area contributed by atoms with Crippen LogP contribution in [-0.2, 0) is 6.42 Å². The van der Waals surface area contributed by atoms with Gasteiger partial charge in [0.25, 0.3) is 0 Å². The van der Waals surface area contributed by atoms with Gasteiger partial charge in [-0.1, -0.05) is 41.4 Å². The summed E-state index contributed by atoms with van der Waals surface area (Å²) in [5.41, 5.74) is 2.27. The summed E-state index contributed by atoms with van der Waals surface area (Å²) in [4.78, 5) is 8.40. The average Bonchev–Trinajstić information content (AvgIpc) is 2.64. The molecular weight excluding hydrogens is 369 g/mol. The Balaban J connectivity index is 1.63. The number of hydrogen-bond acceptors (Lipinski definition) is 5. The first-order valence-electron chi connectivity index (χ1n) is 7.92. The van der Waals surface area contributed by atoms with Crippen LogP contribution in [0.1, 0.15) is 11.1 Å². The largest absolute Gasteiger partial charge is 0.370 e. The maximum atomic E-state index is 9.16. The van der Waals surface area contributed by atoms with Crippen LogP contribution in [0.15, 0.2) is 54.9 Å². The maximum Gasteiger partial charge on any atom is 0.135 e. The van der Waals surface area contributed by atoms with E-state index in [1.807, 2.05) is 30.3 Å². The van der Waals surface area contributed by atoms with Crippen molar-refractivity contribution < 1.29 is 0 Å². The second-order valence-electron chi connectivity index (χ2n) is 5.48. The normalized spacial score (nSPS) is 10.2. The van der Waals surface area contributed by atoms with E-state index in [2.05, 4.69) is 26.7 Å². The summed E-state index contributed by atoms with van der Waals surface area (Å²) in [7, 11) is 0. The van der Waals surface area contributed by atoms with E-state index in [4.69, 9.17) is 28.5 Å². The van der Waals surface area contributed by atoms with Crippen LogP contribution in [0.25, 0.3) is 0 Å². The van der Waals surface area contributed by atoms with Gasteiger partial charge in [0.2, 0.25) is 0 Å². The lowest BCUT2D eigenvalue weighted by molar-refractivity contribution is 1.000. The predicted octanol–water partition coefficient (Wildman–Crippen LogP) is 5.05. The van der Waals surface area contributed by atoms with E-state index in [-0.39, 0.29) is 0 Å². The summed E-state index contributed by atoms with van der Waals surface area (Å²) in [5.74, 6) is 1.29. The number of benzene rings is 2. The molecule has 0 saturated heterocycles. The monoisotopic (exact) mass is 383 g/mol. The molecule has 0 radical (unpaired) electrons. The van der Waals surface area contributed by atoms with Gasteiger partial charge in [-0.05, 0) is 36.2 Å². The Bertz CT molecular complexity index is 953. The number of nitrogens with zero attached hydrogens (tertiary/aromatic N) is 3. The number of aromatic nitrogens is 2. The molecule has 7 heteroatoms. The van der Waals surface area contributed by atoms with Crippen LogP contribution in [-0.4, -0.2) is 16.5 Å². The number of halogens is 2. The molecule has 0 atom stereocenters. The average molecular weight is 384 g/mol. The van der Waals surface area contributed by atoms with Gasteiger partial charge >= 0.3 is 0 Å². The first-order chi connectivity index (χ1) is 12.7. The Kier molecular flexibility index (Phi) is 5.90. The van der Waals surface area contributed by atoms with Gasteiger partial charge in [0, 0.05) is 22.7 Å². The van der Waals surface area contributed by atoms with E-state index >= 15 is 0 Å². The van der Waals surface area contributed by atoms with Crippen LogP contribution >= 0.6 is 23.2 Å². The SMILES string of the molecule is N#Cc1ccccc1Nc1cc(NCCc2ccc(Cl)cc2Cl)ncn1. The zero-order valence-corrected chi connectivity index (χ0v) is 15.2. The van der Waals surface area contributed by atoms with Crippen molar-refractivity contribution in [3.05, 3.63) is 76.0 Å². The van der Waals surface area contributed by atoms with E-state index in [0.717, 1.165) is 12.0 Å². The molecule has 0 bridgehead atoms. The lowest BCUT2D eigenvalue weighted by atomic mass is 10.1. The number of anilines is 3. The van der Waals surface area contributed by atoms with E-state index in [1.165, 1.54) is 6.33 Å². The molecule has 0 amide bonds. The van der Waals surface area contributed by atoms with E-state index < -0.39 is 0 Å². The van der Waals surface area contributed by atoms with Crippen molar-refractivity contribution >= 4 is 40.5 Å². The minimum Gasteiger partial charge on any atom is -0.370 e. The van der Waals surface area contributed by atoms with Gasteiger partial charge in [-0.25, -0.2) is 9.97 Å². The molecule has 0 aliphatic rings. The van der Waals surface area contributed by atoms with Crippen LogP contribution in [0.3, 0.4) is 0 Å². The van der Waals surface area contributed by atoms with Crippen molar-refractivity contribution in [3.63, 3.8) is 0 Å². The van der Waals surface area contributed by atoms with E-state index in [9.17, 15) is 0 Å². The summed E-state index contributed by atoms with van der Waals surface area (Å²) in [6, 6.07) is 16.7. The van der Waals surface area contributed by atoms with Crippen molar-refractivity contribution in [2.45, 2.75) is 6.42 Å². The first kappa shape index (κ1) is 18.0. The molecular formula is C19H15Cl2N5. The number of hydrogen-bond donors (Lipinski definition) is 2. The lowest BCUT2D eigenvalue weighted by Gasteiger charge is -2.10. The molecule has 5 nitrogen and oxygen atoms in total. The molecule has 2 aromatic carbocycles. The fourth-order valence-electron chi connectivity index (χ4n) is 2.40. The van der Waals surface area contributed by atoms with Gasteiger partial charge in [-0.3, -0.25) is 0 Å². The molecule has 0 aliphatic carbocycles. The van der Waals surface area contributed by atoms with Gasteiger partial charge in [-0.15, -0.1) is 0 Å². The van der Waals surface area contributed by atoms with Crippen molar-refractivity contribution in [2.75, 3.05) is 17.2 Å². The van der Waals surface area contributed by atoms with Gasteiger partial charge < -0.3 is 10.6 Å². The summed E-state index contributed by atoms with van der Waals surface area (Å²) in [6.07, 6.45) is 2.20. The molecule has 0 unspecified atom stereocenters. The topological polar surface area (TPSA) is 73.6 Å². The minimum absolute atomic E-state index is 0.554. The molecule has 2 N–H and O–H groups in total. The molecule has 0 aliphatic heterocycles. The smallest absolute Gasteiger partial charge is 0.135 e. The first-order valence-corrected chi connectivity index (χ1v) is 8.67. The third-order valence-corrected chi connectivity index (χ3v) is 4.28. The fourth-order valence-corrected chi connectivity index (χ4v) is 2.90. The second kappa shape index (κ2) is 8.52. The van der Waals surface area contributed by atoms with E-state index in [0.29, 0.717) is 39.5 Å². The molecule has 0 fully saturated rings. The van der Waals surface area contributed by atoms with Crippen molar-refractivity contribution in [1.82, 2.24) is 9.97 Å². The third kappa shape index (κ3) is 4.63. The van der Waals surface area contributed by atoms with Crippen LogP contribution in [0.4, 0.5) is 17.3 Å². The summed E-state index contributed by atoms with van der Waals surface area (Å²) < 4.78 is 0. The van der Waals surface area contributed by atoms with Crippen LogP contribution < -0.4 is 10.6 Å². The highest BCUT2D eigenvalue weighted by atomic mass is 35.5. The predicted molar refractivity (Wildman–Crippen MR) is 105 cm³/mol. The van der Waals surface area contributed by atoms with Crippen LogP contribution in [0, 0.1) is 11.3 Å². The summed E-state index contributed by atoms with van der Waals surface area (Å²) >= 11 is 12.1. The Morgan fingerprint density at radius 2 is 1.81 bits per heavy atom. The summed E-state index contributed by atoms with van der Waals surface area (Å²) in [5, 5.41) is 16.8. The highest BCUT2D eigenvalue weighted by molar-refractivity contribution is 6.35. The number of rotatable bonds is 6. The van der Waals surface area contributed by atoms with Crippen LogP contribution in [0.5, 0.6) is 0 Å². The Labute approximate surface area is 161 Å².